The normalized spacial score (nSPS) is 11.6. The van der Waals surface area contributed by atoms with Crippen molar-refractivity contribution in [1.82, 2.24) is 9.97 Å². The van der Waals surface area contributed by atoms with Crippen LogP contribution in [-0.4, -0.2) is 9.97 Å². The van der Waals surface area contributed by atoms with Crippen LogP contribution in [0.1, 0.15) is 0 Å². The number of nitrogens with zero attached hydrogens (tertiary/aromatic N) is 2. The third-order valence-electron chi connectivity index (χ3n) is 8.88. The highest BCUT2D eigenvalue weighted by Crippen LogP contribution is 2.38. The van der Waals surface area contributed by atoms with E-state index in [2.05, 4.69) is 152 Å². The minimum atomic E-state index is 0.968. The van der Waals surface area contributed by atoms with Crippen molar-refractivity contribution in [1.29, 1.82) is 0 Å². The number of hydrogen-bond acceptors (Lipinski definition) is 2. The van der Waals surface area contributed by atoms with Crippen LogP contribution in [0.25, 0.3) is 87.6 Å². The highest BCUT2D eigenvalue weighted by Gasteiger charge is 2.13. The molecule has 2 heterocycles. The molecule has 9 aromatic rings. The Morgan fingerprint density at radius 3 is 1.82 bits per heavy atom. The molecule has 0 atom stereocenters. The lowest BCUT2D eigenvalue weighted by Gasteiger charge is -2.13. The van der Waals surface area contributed by atoms with Crippen LogP contribution < -0.4 is 0 Å². The zero-order valence-corrected chi connectivity index (χ0v) is 23.9. The maximum absolute atomic E-state index is 5.17. The van der Waals surface area contributed by atoms with Crippen molar-refractivity contribution < 1.29 is 0 Å². The first-order valence-corrected chi connectivity index (χ1v) is 15.0. The van der Waals surface area contributed by atoms with Crippen LogP contribution in [0.3, 0.4) is 0 Å². The molecule has 0 aliphatic rings. The number of pyridine rings is 2. The Bertz CT molecular complexity index is 2530. The molecular weight excluding hydrogens is 532 g/mol. The Hall–Kier alpha value is -5.86. The fraction of sp³-hybridized carbons (Fsp3) is 0. The Morgan fingerprint density at radius 1 is 0.364 bits per heavy atom. The van der Waals surface area contributed by atoms with Crippen molar-refractivity contribution in [2.45, 2.75) is 0 Å². The summed E-state index contributed by atoms with van der Waals surface area (Å²) < 4.78 is 0. The molecular formula is C42H26N2. The van der Waals surface area contributed by atoms with E-state index in [1.54, 1.807) is 0 Å². The monoisotopic (exact) mass is 558 g/mol. The highest BCUT2D eigenvalue weighted by molar-refractivity contribution is 6.22. The van der Waals surface area contributed by atoms with E-state index in [0.717, 1.165) is 39.2 Å². The zero-order chi connectivity index (χ0) is 29.0. The Morgan fingerprint density at radius 2 is 0.977 bits per heavy atom. The largest absolute Gasteiger partial charge is 0.256 e. The number of fused-ring (bicyclic) bond motifs is 8. The van der Waals surface area contributed by atoms with Gasteiger partial charge in [0.1, 0.15) is 0 Å². The van der Waals surface area contributed by atoms with Crippen molar-refractivity contribution in [3.63, 3.8) is 0 Å². The number of hydrogen-bond donors (Lipinski definition) is 0. The lowest BCUT2D eigenvalue weighted by molar-refractivity contribution is 1.33. The van der Waals surface area contributed by atoms with Gasteiger partial charge in [-0.15, -0.1) is 0 Å². The van der Waals surface area contributed by atoms with Gasteiger partial charge in [0.15, 0.2) is 0 Å². The fourth-order valence-electron chi connectivity index (χ4n) is 6.69. The average molecular weight is 559 g/mol. The summed E-state index contributed by atoms with van der Waals surface area (Å²) in [6.45, 7) is 0. The van der Waals surface area contributed by atoms with Crippen molar-refractivity contribution in [3.8, 4) is 33.6 Å². The molecule has 0 N–H and O–H groups in total. The van der Waals surface area contributed by atoms with Gasteiger partial charge >= 0.3 is 0 Å². The Labute approximate surface area is 254 Å². The van der Waals surface area contributed by atoms with Gasteiger partial charge in [-0.1, -0.05) is 127 Å². The first kappa shape index (κ1) is 24.7. The molecule has 0 fully saturated rings. The first-order chi connectivity index (χ1) is 21.8. The van der Waals surface area contributed by atoms with E-state index < -0.39 is 0 Å². The van der Waals surface area contributed by atoms with Gasteiger partial charge < -0.3 is 0 Å². The molecule has 44 heavy (non-hydrogen) atoms. The van der Waals surface area contributed by atoms with Crippen LogP contribution >= 0.6 is 0 Å². The minimum absolute atomic E-state index is 0.968. The standard InChI is InChI=1S/C42H26N2/c1-3-9-34-28(7-1)15-16-30-17-20-33(25-38(30)34)40-26-32(23-24-43-40)27-13-18-31(19-14-27)42-37-22-21-29-8-2-4-10-35(29)41(37)36-11-5-6-12-39(36)44-42/h1-26H. The van der Waals surface area contributed by atoms with E-state index in [0.29, 0.717) is 0 Å². The fourth-order valence-corrected chi connectivity index (χ4v) is 6.69. The van der Waals surface area contributed by atoms with Gasteiger partial charge in [0.25, 0.3) is 0 Å². The Kier molecular flexibility index (Phi) is 5.54. The number of para-hydroxylation sites is 1. The third-order valence-corrected chi connectivity index (χ3v) is 8.88. The maximum atomic E-state index is 5.17. The van der Waals surface area contributed by atoms with Gasteiger partial charge in [-0.3, -0.25) is 4.98 Å². The van der Waals surface area contributed by atoms with Crippen molar-refractivity contribution >= 4 is 54.0 Å². The summed E-state index contributed by atoms with van der Waals surface area (Å²) in [6, 6.07) is 54.2. The maximum Gasteiger partial charge on any atom is 0.0788 e. The number of benzene rings is 7. The average Bonchev–Trinajstić information content (AvgIpc) is 3.11. The molecule has 0 aliphatic heterocycles. The predicted octanol–water partition coefficient (Wildman–Crippen LogP) is 11.2. The first-order valence-electron chi connectivity index (χ1n) is 15.0. The summed E-state index contributed by atoms with van der Waals surface area (Å²) in [5.74, 6) is 0. The Balaban J connectivity index is 1.14. The van der Waals surface area contributed by atoms with Gasteiger partial charge in [0.05, 0.1) is 16.9 Å². The number of aromatic nitrogens is 2. The molecule has 0 amide bonds. The lowest BCUT2D eigenvalue weighted by Crippen LogP contribution is -1.91. The molecule has 0 unspecified atom stereocenters. The molecule has 2 aromatic heterocycles. The quantitative estimate of drug-likeness (QED) is 0.202. The zero-order valence-electron chi connectivity index (χ0n) is 23.9. The summed E-state index contributed by atoms with van der Waals surface area (Å²) in [6.07, 6.45) is 1.91. The van der Waals surface area contributed by atoms with Crippen LogP contribution in [-0.2, 0) is 0 Å². The SMILES string of the molecule is c1ccc2c(c1)ccc1ccc(-c3cc(-c4ccc(-c5nc6ccccc6c6c5ccc5ccccc56)cc4)ccn3)cc12. The second kappa shape index (κ2) is 9.86. The predicted molar refractivity (Wildman–Crippen MR) is 186 cm³/mol. The molecule has 0 saturated carbocycles. The van der Waals surface area contributed by atoms with Gasteiger partial charge in [-0.05, 0) is 67.7 Å². The molecule has 204 valence electrons. The summed E-state index contributed by atoms with van der Waals surface area (Å²) >= 11 is 0. The molecule has 2 nitrogen and oxygen atoms in total. The molecule has 0 aliphatic carbocycles. The lowest BCUT2D eigenvalue weighted by atomic mass is 9.94. The van der Waals surface area contributed by atoms with Crippen LogP contribution in [0.4, 0.5) is 0 Å². The van der Waals surface area contributed by atoms with E-state index >= 15 is 0 Å². The van der Waals surface area contributed by atoms with E-state index in [9.17, 15) is 0 Å². The second-order valence-corrected chi connectivity index (χ2v) is 11.4. The molecule has 0 saturated heterocycles. The van der Waals surface area contributed by atoms with Gasteiger partial charge in [0, 0.05) is 33.5 Å². The van der Waals surface area contributed by atoms with Crippen molar-refractivity contribution in [3.05, 3.63) is 158 Å². The van der Waals surface area contributed by atoms with E-state index in [1.807, 2.05) is 6.20 Å². The minimum Gasteiger partial charge on any atom is -0.256 e. The summed E-state index contributed by atoms with van der Waals surface area (Å²) in [5, 5.41) is 11.1. The number of rotatable bonds is 3. The molecule has 7 aromatic carbocycles. The van der Waals surface area contributed by atoms with Crippen LogP contribution in [0.5, 0.6) is 0 Å². The topological polar surface area (TPSA) is 25.8 Å². The van der Waals surface area contributed by atoms with Crippen molar-refractivity contribution in [2.75, 3.05) is 0 Å². The van der Waals surface area contributed by atoms with Crippen LogP contribution in [0.2, 0.25) is 0 Å². The van der Waals surface area contributed by atoms with Gasteiger partial charge in [-0.2, -0.15) is 0 Å². The molecule has 0 spiro atoms. The third kappa shape index (κ3) is 3.96. The molecule has 2 heteroatoms. The van der Waals surface area contributed by atoms with Crippen LogP contribution in [0.15, 0.2) is 158 Å². The van der Waals surface area contributed by atoms with E-state index in [4.69, 9.17) is 9.97 Å². The molecule has 0 radical (unpaired) electrons. The van der Waals surface area contributed by atoms with Gasteiger partial charge in [0.2, 0.25) is 0 Å². The molecule has 9 rings (SSSR count). The molecule has 0 bridgehead atoms. The van der Waals surface area contributed by atoms with Gasteiger partial charge in [-0.25, -0.2) is 4.98 Å². The summed E-state index contributed by atoms with van der Waals surface area (Å²) in [4.78, 5) is 9.94. The summed E-state index contributed by atoms with van der Waals surface area (Å²) in [7, 11) is 0. The smallest absolute Gasteiger partial charge is 0.0788 e. The highest BCUT2D eigenvalue weighted by atomic mass is 14.7. The summed E-state index contributed by atoms with van der Waals surface area (Å²) in [5.41, 5.74) is 7.51. The van der Waals surface area contributed by atoms with Crippen LogP contribution in [0, 0.1) is 0 Å². The van der Waals surface area contributed by atoms with Crippen molar-refractivity contribution in [2.24, 2.45) is 0 Å². The second-order valence-electron chi connectivity index (χ2n) is 11.4. The van der Waals surface area contributed by atoms with E-state index in [1.165, 1.54) is 48.5 Å². The van der Waals surface area contributed by atoms with E-state index in [-0.39, 0.29) is 0 Å².